The summed E-state index contributed by atoms with van der Waals surface area (Å²) in [6, 6.07) is 17.3. The molecule has 0 unspecified atom stereocenters. The Labute approximate surface area is 90.0 Å². The van der Waals surface area contributed by atoms with E-state index in [1.54, 1.807) is 0 Å². The first-order chi connectivity index (χ1) is 7.45. The van der Waals surface area contributed by atoms with E-state index < -0.39 is 0 Å². The third-order valence-electron chi connectivity index (χ3n) is 2.71. The Morgan fingerprint density at radius 3 is 1.60 bits per heavy atom. The van der Waals surface area contributed by atoms with Gasteiger partial charge in [0, 0.05) is 7.11 Å². The number of hydrogen-bond donors (Lipinski definition) is 1. The lowest BCUT2D eigenvalue weighted by Crippen LogP contribution is -1.77. The molecule has 0 aliphatic heterocycles. The fourth-order valence-electron chi connectivity index (χ4n) is 2.08. The Bertz CT molecular complexity index is 417. The molecular weight excluding hydrogens is 184 g/mol. The first kappa shape index (κ1) is 9.94. The summed E-state index contributed by atoms with van der Waals surface area (Å²) in [5.41, 5.74) is 5.75. The van der Waals surface area contributed by atoms with Crippen LogP contribution in [-0.2, 0) is 6.42 Å². The van der Waals surface area contributed by atoms with Crippen LogP contribution in [0.4, 0.5) is 0 Å². The predicted octanol–water partition coefficient (Wildman–Crippen LogP) is 2.87. The van der Waals surface area contributed by atoms with Crippen LogP contribution < -0.4 is 0 Å². The van der Waals surface area contributed by atoms with Crippen LogP contribution in [0, 0.1) is 0 Å². The van der Waals surface area contributed by atoms with E-state index >= 15 is 0 Å². The van der Waals surface area contributed by atoms with E-state index in [1.807, 2.05) is 0 Å². The first-order valence-corrected chi connectivity index (χ1v) is 5.06. The highest BCUT2D eigenvalue weighted by Crippen LogP contribution is 2.35. The molecule has 0 saturated carbocycles. The number of benzene rings is 2. The molecule has 0 heterocycles. The van der Waals surface area contributed by atoms with Crippen molar-refractivity contribution in [3.63, 3.8) is 0 Å². The Morgan fingerprint density at radius 1 is 0.733 bits per heavy atom. The molecule has 2 aromatic rings. The average Bonchev–Trinajstić information content (AvgIpc) is 2.70. The molecule has 1 N–H and O–H groups in total. The van der Waals surface area contributed by atoms with Crippen molar-refractivity contribution in [2.75, 3.05) is 7.11 Å². The van der Waals surface area contributed by atoms with Crippen molar-refractivity contribution in [2.45, 2.75) is 6.42 Å². The maximum atomic E-state index is 7.00. The molecule has 1 nitrogen and oxygen atoms in total. The summed E-state index contributed by atoms with van der Waals surface area (Å²) in [6.45, 7) is 0. The summed E-state index contributed by atoms with van der Waals surface area (Å²) >= 11 is 0. The topological polar surface area (TPSA) is 20.2 Å². The van der Waals surface area contributed by atoms with E-state index in [-0.39, 0.29) is 0 Å². The molecule has 0 saturated heterocycles. The molecule has 0 aromatic heterocycles. The maximum Gasteiger partial charge on any atom is 0.0319 e. The zero-order valence-corrected chi connectivity index (χ0v) is 8.77. The lowest BCUT2D eigenvalue weighted by Gasteiger charge is -1.98. The van der Waals surface area contributed by atoms with Crippen LogP contribution in [0.2, 0.25) is 0 Å². The van der Waals surface area contributed by atoms with E-state index in [2.05, 4.69) is 48.5 Å². The maximum absolute atomic E-state index is 7.00. The highest BCUT2D eigenvalue weighted by molar-refractivity contribution is 5.76. The van der Waals surface area contributed by atoms with Gasteiger partial charge in [-0.3, -0.25) is 0 Å². The van der Waals surface area contributed by atoms with Crippen LogP contribution in [0.25, 0.3) is 11.1 Å². The molecule has 3 rings (SSSR count). The largest absolute Gasteiger partial charge is 0.400 e. The third-order valence-corrected chi connectivity index (χ3v) is 2.71. The average molecular weight is 198 g/mol. The second kappa shape index (κ2) is 4.28. The zero-order chi connectivity index (χ0) is 10.7. The summed E-state index contributed by atoms with van der Waals surface area (Å²) in [4.78, 5) is 0. The molecule has 1 aliphatic carbocycles. The van der Waals surface area contributed by atoms with Crippen molar-refractivity contribution < 1.29 is 5.11 Å². The number of hydrogen-bond acceptors (Lipinski definition) is 1. The van der Waals surface area contributed by atoms with Gasteiger partial charge in [0.25, 0.3) is 0 Å². The molecule has 0 fully saturated rings. The summed E-state index contributed by atoms with van der Waals surface area (Å²) in [5.74, 6) is 0. The normalized spacial score (nSPS) is 11.1. The second-order valence-electron chi connectivity index (χ2n) is 3.49. The van der Waals surface area contributed by atoms with Crippen LogP contribution in [0.3, 0.4) is 0 Å². The quantitative estimate of drug-likeness (QED) is 0.589. The van der Waals surface area contributed by atoms with Crippen molar-refractivity contribution in [2.24, 2.45) is 0 Å². The molecule has 76 valence electrons. The lowest BCUT2D eigenvalue weighted by molar-refractivity contribution is 0.399. The number of aliphatic hydroxyl groups is 1. The molecule has 1 aliphatic rings. The van der Waals surface area contributed by atoms with Crippen LogP contribution in [0.1, 0.15) is 11.1 Å². The molecular formula is C14H14O. The number of aliphatic hydroxyl groups excluding tert-OH is 1. The van der Waals surface area contributed by atoms with Gasteiger partial charge in [-0.1, -0.05) is 48.5 Å². The van der Waals surface area contributed by atoms with Crippen molar-refractivity contribution in [1.82, 2.24) is 0 Å². The summed E-state index contributed by atoms with van der Waals surface area (Å²) in [6.07, 6.45) is 1.10. The van der Waals surface area contributed by atoms with Gasteiger partial charge in [0.2, 0.25) is 0 Å². The third kappa shape index (κ3) is 1.66. The highest BCUT2D eigenvalue weighted by Gasteiger charge is 2.15. The minimum atomic E-state index is 1.00. The molecule has 1 heteroatoms. The second-order valence-corrected chi connectivity index (χ2v) is 3.49. The Morgan fingerprint density at radius 2 is 1.13 bits per heavy atom. The van der Waals surface area contributed by atoms with Gasteiger partial charge in [-0.2, -0.15) is 0 Å². The smallest absolute Gasteiger partial charge is 0.0319 e. The van der Waals surface area contributed by atoms with E-state index in [0.717, 1.165) is 13.5 Å². The number of rotatable bonds is 0. The minimum Gasteiger partial charge on any atom is -0.400 e. The van der Waals surface area contributed by atoms with Gasteiger partial charge in [0.1, 0.15) is 0 Å². The van der Waals surface area contributed by atoms with Crippen LogP contribution in [0.15, 0.2) is 48.5 Å². The van der Waals surface area contributed by atoms with Gasteiger partial charge < -0.3 is 5.11 Å². The zero-order valence-electron chi connectivity index (χ0n) is 8.77. The Balaban J connectivity index is 0.000000404. The molecule has 15 heavy (non-hydrogen) atoms. The SMILES string of the molecule is CO.c1ccc2c(c1)Cc1ccccc1-2. The predicted molar refractivity (Wildman–Crippen MR) is 62.8 cm³/mol. The fourth-order valence-corrected chi connectivity index (χ4v) is 2.08. The molecule has 0 atom stereocenters. The highest BCUT2D eigenvalue weighted by atomic mass is 16.2. The van der Waals surface area contributed by atoms with E-state index in [1.165, 1.54) is 22.3 Å². The minimum absolute atomic E-state index is 1.00. The van der Waals surface area contributed by atoms with E-state index in [4.69, 9.17) is 5.11 Å². The van der Waals surface area contributed by atoms with Crippen LogP contribution in [-0.4, -0.2) is 12.2 Å². The van der Waals surface area contributed by atoms with Gasteiger partial charge >= 0.3 is 0 Å². The fraction of sp³-hybridized carbons (Fsp3) is 0.143. The van der Waals surface area contributed by atoms with Gasteiger partial charge in [-0.25, -0.2) is 0 Å². The van der Waals surface area contributed by atoms with Crippen molar-refractivity contribution in [1.29, 1.82) is 0 Å². The van der Waals surface area contributed by atoms with Crippen molar-refractivity contribution in [3.8, 4) is 11.1 Å². The van der Waals surface area contributed by atoms with Gasteiger partial charge in [-0.05, 0) is 28.7 Å². The van der Waals surface area contributed by atoms with Crippen LogP contribution in [0.5, 0.6) is 0 Å². The number of fused-ring (bicyclic) bond motifs is 3. The van der Waals surface area contributed by atoms with Crippen molar-refractivity contribution in [3.05, 3.63) is 59.7 Å². The lowest BCUT2D eigenvalue weighted by atomic mass is 10.1. The molecule has 0 spiro atoms. The summed E-state index contributed by atoms with van der Waals surface area (Å²) in [5, 5.41) is 7.00. The van der Waals surface area contributed by atoms with E-state index in [0.29, 0.717) is 0 Å². The Kier molecular flexibility index (Phi) is 2.84. The van der Waals surface area contributed by atoms with Gasteiger partial charge in [0.15, 0.2) is 0 Å². The first-order valence-electron chi connectivity index (χ1n) is 5.06. The van der Waals surface area contributed by atoms with Gasteiger partial charge in [-0.15, -0.1) is 0 Å². The van der Waals surface area contributed by atoms with Gasteiger partial charge in [0.05, 0.1) is 0 Å². The standard InChI is InChI=1S/C13H10.CH4O/c1-3-7-12-10(5-1)9-11-6-2-4-8-13(11)12;1-2/h1-8H,9H2;2H,1H3. The molecule has 0 radical (unpaired) electrons. The summed E-state index contributed by atoms with van der Waals surface area (Å²) < 4.78 is 0. The molecule has 0 bridgehead atoms. The summed E-state index contributed by atoms with van der Waals surface area (Å²) in [7, 11) is 1.00. The van der Waals surface area contributed by atoms with Crippen LogP contribution >= 0.6 is 0 Å². The van der Waals surface area contributed by atoms with Crippen molar-refractivity contribution >= 4 is 0 Å². The molecule has 0 amide bonds. The van der Waals surface area contributed by atoms with E-state index in [9.17, 15) is 0 Å². The monoisotopic (exact) mass is 198 g/mol. The molecule has 2 aromatic carbocycles. The Hall–Kier alpha value is -1.60.